The van der Waals surface area contributed by atoms with E-state index in [9.17, 15) is 4.79 Å². The van der Waals surface area contributed by atoms with Crippen molar-refractivity contribution in [2.45, 2.75) is 46.1 Å². The first kappa shape index (κ1) is 20.3. The van der Waals surface area contributed by atoms with E-state index in [-0.39, 0.29) is 17.6 Å². The molecule has 6 heteroatoms. The average molecular weight is 442 g/mol. The van der Waals surface area contributed by atoms with E-state index in [0.717, 1.165) is 22.2 Å². The van der Waals surface area contributed by atoms with Crippen molar-refractivity contribution in [3.05, 3.63) is 68.7 Å². The second-order valence-electron chi connectivity index (χ2n) is 7.04. The van der Waals surface area contributed by atoms with Crippen molar-refractivity contribution < 1.29 is 4.74 Å². The molecule has 0 N–H and O–H groups in total. The molecular formula is C22H24BrN3O2. The summed E-state index contributed by atoms with van der Waals surface area (Å²) in [5.41, 5.74) is 1.40. The van der Waals surface area contributed by atoms with Gasteiger partial charge in [-0.2, -0.15) is 9.78 Å². The van der Waals surface area contributed by atoms with Crippen molar-refractivity contribution in [1.29, 1.82) is 0 Å². The first-order valence-electron chi connectivity index (χ1n) is 9.42. The standard InChI is InChI=1S/C22H24BrN3O2/c1-5-15(4)21-25-20-11-8-17(23)12-19(20)22(27)26(21)24-13-16-6-9-18(10-7-16)28-14(2)3/h6-15H,5H2,1-4H3/t15-/m1/s1. The number of aromatic nitrogens is 2. The van der Waals surface area contributed by atoms with E-state index in [1.807, 2.05) is 50.2 Å². The van der Waals surface area contributed by atoms with Crippen LogP contribution >= 0.6 is 15.9 Å². The first-order valence-corrected chi connectivity index (χ1v) is 10.2. The number of halogens is 1. The van der Waals surface area contributed by atoms with Crippen LogP contribution in [0.4, 0.5) is 0 Å². The number of hydrogen-bond acceptors (Lipinski definition) is 4. The van der Waals surface area contributed by atoms with Crippen LogP contribution in [0.1, 0.15) is 51.4 Å². The number of benzene rings is 2. The normalized spacial score (nSPS) is 12.8. The number of rotatable bonds is 6. The highest BCUT2D eigenvalue weighted by Crippen LogP contribution is 2.21. The van der Waals surface area contributed by atoms with Gasteiger partial charge in [-0.3, -0.25) is 4.79 Å². The molecule has 0 unspecified atom stereocenters. The number of nitrogens with zero attached hydrogens (tertiary/aromatic N) is 3. The van der Waals surface area contributed by atoms with Crippen LogP contribution in [0.15, 0.2) is 56.8 Å². The largest absolute Gasteiger partial charge is 0.491 e. The molecule has 0 aliphatic rings. The van der Waals surface area contributed by atoms with Gasteiger partial charge in [-0.1, -0.05) is 29.8 Å². The molecule has 3 rings (SSSR count). The average Bonchev–Trinajstić information content (AvgIpc) is 2.67. The minimum absolute atomic E-state index is 0.111. The maximum absolute atomic E-state index is 13.1. The molecule has 2 aromatic carbocycles. The molecule has 3 aromatic rings. The zero-order valence-corrected chi connectivity index (χ0v) is 18.1. The molecular weight excluding hydrogens is 418 g/mol. The van der Waals surface area contributed by atoms with Gasteiger partial charge in [0.05, 0.1) is 23.2 Å². The molecule has 0 aliphatic heterocycles. The summed E-state index contributed by atoms with van der Waals surface area (Å²) in [6.45, 7) is 8.10. The maximum atomic E-state index is 13.1. The number of fused-ring (bicyclic) bond motifs is 1. The SMILES string of the molecule is CC[C@@H](C)c1nc2ccc(Br)cc2c(=O)n1N=Cc1ccc(OC(C)C)cc1. The van der Waals surface area contributed by atoms with Crippen LogP contribution in [0, 0.1) is 0 Å². The van der Waals surface area contributed by atoms with E-state index < -0.39 is 0 Å². The van der Waals surface area contributed by atoms with E-state index in [4.69, 9.17) is 9.72 Å². The zero-order chi connectivity index (χ0) is 20.3. The van der Waals surface area contributed by atoms with Crippen LogP contribution < -0.4 is 10.3 Å². The third-order valence-electron chi connectivity index (χ3n) is 4.46. The third kappa shape index (κ3) is 4.50. The Kier molecular flexibility index (Phi) is 6.29. The van der Waals surface area contributed by atoms with Gasteiger partial charge in [0, 0.05) is 10.4 Å². The molecule has 0 fully saturated rings. The topological polar surface area (TPSA) is 56.5 Å². The van der Waals surface area contributed by atoms with Gasteiger partial charge in [0.2, 0.25) is 0 Å². The lowest BCUT2D eigenvalue weighted by molar-refractivity contribution is 0.242. The summed E-state index contributed by atoms with van der Waals surface area (Å²) in [7, 11) is 0. The quantitative estimate of drug-likeness (QED) is 0.484. The second kappa shape index (κ2) is 8.69. The molecule has 0 spiro atoms. The molecule has 28 heavy (non-hydrogen) atoms. The Bertz CT molecular complexity index is 1060. The van der Waals surface area contributed by atoms with Gasteiger partial charge in [-0.05, 0) is 68.3 Å². The summed E-state index contributed by atoms with van der Waals surface area (Å²) < 4.78 is 7.92. The Balaban J connectivity index is 2.04. The Hall–Kier alpha value is -2.47. The molecule has 0 amide bonds. The molecule has 1 heterocycles. The minimum Gasteiger partial charge on any atom is -0.491 e. The van der Waals surface area contributed by atoms with E-state index in [1.54, 1.807) is 12.3 Å². The predicted molar refractivity (Wildman–Crippen MR) is 118 cm³/mol. The number of hydrogen-bond donors (Lipinski definition) is 0. The monoisotopic (exact) mass is 441 g/mol. The van der Waals surface area contributed by atoms with Crippen LogP contribution in [-0.2, 0) is 0 Å². The van der Waals surface area contributed by atoms with E-state index in [1.165, 1.54) is 4.68 Å². The van der Waals surface area contributed by atoms with Crippen LogP contribution in [0.3, 0.4) is 0 Å². The Morgan fingerprint density at radius 2 is 1.89 bits per heavy atom. The van der Waals surface area contributed by atoms with Gasteiger partial charge in [-0.15, -0.1) is 0 Å². The van der Waals surface area contributed by atoms with Crippen molar-refractivity contribution >= 4 is 33.0 Å². The van der Waals surface area contributed by atoms with Crippen molar-refractivity contribution in [2.75, 3.05) is 0 Å². The van der Waals surface area contributed by atoms with Crippen molar-refractivity contribution in [3.63, 3.8) is 0 Å². The van der Waals surface area contributed by atoms with Crippen LogP contribution in [0.25, 0.3) is 10.9 Å². The summed E-state index contributed by atoms with van der Waals surface area (Å²) in [5.74, 6) is 1.58. The van der Waals surface area contributed by atoms with Gasteiger partial charge < -0.3 is 4.74 Å². The van der Waals surface area contributed by atoms with Crippen molar-refractivity contribution in [1.82, 2.24) is 9.66 Å². The molecule has 0 saturated heterocycles. The van der Waals surface area contributed by atoms with Gasteiger partial charge in [0.25, 0.3) is 5.56 Å². The van der Waals surface area contributed by atoms with E-state index in [0.29, 0.717) is 16.7 Å². The van der Waals surface area contributed by atoms with Crippen LogP contribution in [0.5, 0.6) is 5.75 Å². The summed E-state index contributed by atoms with van der Waals surface area (Å²) in [5, 5.41) is 5.02. The molecule has 5 nitrogen and oxygen atoms in total. The highest BCUT2D eigenvalue weighted by molar-refractivity contribution is 9.10. The number of ether oxygens (including phenoxy) is 1. The van der Waals surface area contributed by atoms with Crippen molar-refractivity contribution in [2.24, 2.45) is 5.10 Å². The van der Waals surface area contributed by atoms with Gasteiger partial charge in [0.1, 0.15) is 11.6 Å². The Morgan fingerprint density at radius 1 is 1.18 bits per heavy atom. The molecule has 0 saturated carbocycles. The Labute approximate surface area is 173 Å². The highest BCUT2D eigenvalue weighted by atomic mass is 79.9. The smallest absolute Gasteiger partial charge is 0.282 e. The predicted octanol–water partition coefficient (Wildman–Crippen LogP) is 5.34. The lowest BCUT2D eigenvalue weighted by Gasteiger charge is -2.14. The maximum Gasteiger partial charge on any atom is 0.282 e. The summed E-state index contributed by atoms with van der Waals surface area (Å²) in [6.07, 6.45) is 2.67. The fourth-order valence-corrected chi connectivity index (χ4v) is 3.17. The van der Waals surface area contributed by atoms with E-state index in [2.05, 4.69) is 34.9 Å². The molecule has 0 radical (unpaired) electrons. The molecule has 146 valence electrons. The molecule has 0 bridgehead atoms. The van der Waals surface area contributed by atoms with Crippen LogP contribution in [-0.4, -0.2) is 22.0 Å². The first-order chi connectivity index (χ1) is 13.4. The van der Waals surface area contributed by atoms with Crippen molar-refractivity contribution in [3.8, 4) is 5.75 Å². The zero-order valence-electron chi connectivity index (χ0n) is 16.5. The minimum atomic E-state index is -0.169. The fraction of sp³-hybridized carbons (Fsp3) is 0.318. The summed E-state index contributed by atoms with van der Waals surface area (Å²) in [6, 6.07) is 13.2. The molecule has 1 atom stereocenters. The van der Waals surface area contributed by atoms with E-state index >= 15 is 0 Å². The fourth-order valence-electron chi connectivity index (χ4n) is 2.81. The van der Waals surface area contributed by atoms with Gasteiger partial charge in [0.15, 0.2) is 0 Å². The highest BCUT2D eigenvalue weighted by Gasteiger charge is 2.15. The second-order valence-corrected chi connectivity index (χ2v) is 7.95. The Morgan fingerprint density at radius 3 is 2.54 bits per heavy atom. The molecule has 1 aromatic heterocycles. The molecule has 0 aliphatic carbocycles. The summed E-state index contributed by atoms with van der Waals surface area (Å²) in [4.78, 5) is 17.8. The van der Waals surface area contributed by atoms with Gasteiger partial charge in [-0.25, -0.2) is 4.98 Å². The van der Waals surface area contributed by atoms with Crippen LogP contribution in [0.2, 0.25) is 0 Å². The third-order valence-corrected chi connectivity index (χ3v) is 4.95. The summed E-state index contributed by atoms with van der Waals surface area (Å²) >= 11 is 3.43. The lowest BCUT2D eigenvalue weighted by Crippen LogP contribution is -2.23. The van der Waals surface area contributed by atoms with Gasteiger partial charge >= 0.3 is 0 Å². The lowest BCUT2D eigenvalue weighted by atomic mass is 10.1.